The van der Waals surface area contributed by atoms with Gasteiger partial charge in [0.05, 0.1) is 32.4 Å². The van der Waals surface area contributed by atoms with Crippen molar-refractivity contribution in [2.75, 3.05) is 14.2 Å². The quantitative estimate of drug-likeness (QED) is 0.774. The van der Waals surface area contributed by atoms with Gasteiger partial charge in [0.15, 0.2) is 0 Å². The maximum absolute atomic E-state index is 5.59. The van der Waals surface area contributed by atoms with Crippen LogP contribution in [0.25, 0.3) is 0 Å². The molecule has 0 aromatic carbocycles. The third kappa shape index (κ3) is 3.08. The topological polar surface area (TPSA) is 65.5 Å². The molecule has 1 aromatic heterocycles. The molecule has 0 atom stereocenters. The lowest BCUT2D eigenvalue weighted by molar-refractivity contribution is -0.0250. The number of rotatable bonds is 6. The first-order chi connectivity index (χ1) is 8.85. The molecule has 0 unspecified atom stereocenters. The van der Waals surface area contributed by atoms with Gasteiger partial charge >= 0.3 is 0 Å². The standard InChI is InChI=1S/C12H19N3O3/c1-16-11-10(12(17-2)14-8-13-11)7-15-18-9-5-3-4-6-9/h8-9,15H,3-7H2,1-2H3. The van der Waals surface area contributed by atoms with E-state index in [4.69, 9.17) is 14.3 Å². The van der Waals surface area contributed by atoms with Crippen LogP contribution in [0.3, 0.4) is 0 Å². The summed E-state index contributed by atoms with van der Waals surface area (Å²) >= 11 is 0. The summed E-state index contributed by atoms with van der Waals surface area (Å²) in [6.07, 6.45) is 6.45. The fraction of sp³-hybridized carbons (Fsp3) is 0.667. The molecule has 0 amide bonds. The van der Waals surface area contributed by atoms with Crippen molar-refractivity contribution in [1.29, 1.82) is 0 Å². The molecule has 1 saturated carbocycles. The highest BCUT2D eigenvalue weighted by molar-refractivity contribution is 5.33. The summed E-state index contributed by atoms with van der Waals surface area (Å²) in [5.41, 5.74) is 3.72. The van der Waals surface area contributed by atoms with Crippen LogP contribution in [0.2, 0.25) is 0 Å². The summed E-state index contributed by atoms with van der Waals surface area (Å²) in [7, 11) is 3.15. The zero-order valence-corrected chi connectivity index (χ0v) is 10.8. The largest absolute Gasteiger partial charge is 0.481 e. The van der Waals surface area contributed by atoms with Gasteiger partial charge in [-0.3, -0.25) is 4.84 Å². The predicted molar refractivity (Wildman–Crippen MR) is 65.3 cm³/mol. The minimum absolute atomic E-state index is 0.312. The van der Waals surface area contributed by atoms with Gasteiger partial charge in [0.2, 0.25) is 11.8 Å². The molecule has 0 bridgehead atoms. The molecular formula is C12H19N3O3. The number of nitrogens with one attached hydrogen (secondary N) is 1. The molecule has 6 nitrogen and oxygen atoms in total. The van der Waals surface area contributed by atoms with Gasteiger partial charge < -0.3 is 9.47 Å². The van der Waals surface area contributed by atoms with Crippen LogP contribution in [0.5, 0.6) is 11.8 Å². The number of ether oxygens (including phenoxy) is 2. The third-order valence-electron chi connectivity index (χ3n) is 3.05. The van der Waals surface area contributed by atoms with Gasteiger partial charge in [-0.15, -0.1) is 0 Å². The highest BCUT2D eigenvalue weighted by Gasteiger charge is 2.17. The van der Waals surface area contributed by atoms with E-state index in [2.05, 4.69) is 15.4 Å². The second kappa shape index (κ2) is 6.51. The first kappa shape index (κ1) is 13.0. The number of methoxy groups -OCH3 is 2. The molecule has 100 valence electrons. The van der Waals surface area contributed by atoms with Gasteiger partial charge in [-0.1, -0.05) is 12.8 Å². The molecule has 1 N–H and O–H groups in total. The van der Waals surface area contributed by atoms with Crippen molar-refractivity contribution in [3.8, 4) is 11.8 Å². The molecule has 1 fully saturated rings. The van der Waals surface area contributed by atoms with Crippen LogP contribution in [0, 0.1) is 0 Å². The summed E-state index contributed by atoms with van der Waals surface area (Å²) in [5, 5.41) is 0. The SMILES string of the molecule is COc1ncnc(OC)c1CNOC1CCCC1. The van der Waals surface area contributed by atoms with E-state index >= 15 is 0 Å². The lowest BCUT2D eigenvalue weighted by Gasteiger charge is -2.14. The Kier molecular flexibility index (Phi) is 4.72. The van der Waals surface area contributed by atoms with Crippen molar-refractivity contribution in [2.24, 2.45) is 0 Å². The maximum Gasteiger partial charge on any atom is 0.224 e. The van der Waals surface area contributed by atoms with Crippen LogP contribution in [0.15, 0.2) is 6.33 Å². The summed E-state index contributed by atoms with van der Waals surface area (Å²) in [6, 6.07) is 0. The minimum atomic E-state index is 0.312. The van der Waals surface area contributed by atoms with E-state index in [0.717, 1.165) is 18.4 Å². The first-order valence-corrected chi connectivity index (χ1v) is 6.15. The number of aromatic nitrogens is 2. The van der Waals surface area contributed by atoms with E-state index in [0.29, 0.717) is 24.4 Å². The van der Waals surface area contributed by atoms with Crippen LogP contribution in [0.4, 0.5) is 0 Å². The molecule has 1 aliphatic rings. The Morgan fingerprint density at radius 3 is 2.33 bits per heavy atom. The average molecular weight is 253 g/mol. The second-order valence-electron chi connectivity index (χ2n) is 4.22. The number of hydrogen-bond acceptors (Lipinski definition) is 6. The molecule has 1 aliphatic carbocycles. The van der Waals surface area contributed by atoms with Crippen molar-refractivity contribution in [3.05, 3.63) is 11.9 Å². The van der Waals surface area contributed by atoms with Crippen molar-refractivity contribution < 1.29 is 14.3 Å². The smallest absolute Gasteiger partial charge is 0.224 e. The lowest BCUT2D eigenvalue weighted by atomic mass is 10.3. The number of hydroxylamine groups is 1. The van der Waals surface area contributed by atoms with Gasteiger partial charge in [-0.2, -0.15) is 5.48 Å². The van der Waals surface area contributed by atoms with Crippen LogP contribution < -0.4 is 15.0 Å². The molecule has 0 spiro atoms. The number of nitrogens with zero attached hydrogens (tertiary/aromatic N) is 2. The molecule has 18 heavy (non-hydrogen) atoms. The number of hydrogen-bond donors (Lipinski definition) is 1. The summed E-state index contributed by atoms with van der Waals surface area (Å²) in [4.78, 5) is 13.7. The van der Waals surface area contributed by atoms with Gasteiger partial charge in [0.25, 0.3) is 0 Å². The van der Waals surface area contributed by atoms with E-state index < -0.39 is 0 Å². The van der Waals surface area contributed by atoms with Crippen molar-refractivity contribution in [2.45, 2.75) is 38.3 Å². The average Bonchev–Trinajstić information content (AvgIpc) is 2.92. The van der Waals surface area contributed by atoms with Crippen molar-refractivity contribution in [1.82, 2.24) is 15.4 Å². The maximum atomic E-state index is 5.59. The Morgan fingerprint density at radius 2 is 1.78 bits per heavy atom. The second-order valence-corrected chi connectivity index (χ2v) is 4.22. The highest BCUT2D eigenvalue weighted by atomic mass is 16.7. The predicted octanol–water partition coefficient (Wildman–Crippen LogP) is 1.46. The monoisotopic (exact) mass is 253 g/mol. The molecular weight excluding hydrogens is 234 g/mol. The fourth-order valence-corrected chi connectivity index (χ4v) is 2.12. The Bertz CT molecular complexity index is 359. The molecule has 1 heterocycles. The normalized spacial score (nSPS) is 15.9. The van der Waals surface area contributed by atoms with Crippen LogP contribution in [-0.2, 0) is 11.4 Å². The van der Waals surface area contributed by atoms with Crippen molar-refractivity contribution in [3.63, 3.8) is 0 Å². The Morgan fingerprint density at radius 1 is 1.17 bits per heavy atom. The Hall–Kier alpha value is -1.40. The zero-order chi connectivity index (χ0) is 12.8. The fourth-order valence-electron chi connectivity index (χ4n) is 2.12. The minimum Gasteiger partial charge on any atom is -0.481 e. The molecule has 0 radical (unpaired) electrons. The molecule has 2 rings (SSSR count). The summed E-state index contributed by atoms with van der Waals surface area (Å²) < 4.78 is 10.4. The van der Waals surface area contributed by atoms with Crippen LogP contribution >= 0.6 is 0 Å². The van der Waals surface area contributed by atoms with Gasteiger partial charge in [0, 0.05) is 0 Å². The van der Waals surface area contributed by atoms with Gasteiger partial charge in [-0.25, -0.2) is 9.97 Å². The van der Waals surface area contributed by atoms with E-state index in [9.17, 15) is 0 Å². The molecule has 6 heteroatoms. The molecule has 0 saturated heterocycles. The van der Waals surface area contributed by atoms with Crippen LogP contribution in [-0.4, -0.2) is 30.3 Å². The lowest BCUT2D eigenvalue weighted by Crippen LogP contribution is -2.22. The van der Waals surface area contributed by atoms with E-state index in [1.807, 2.05) is 0 Å². The highest BCUT2D eigenvalue weighted by Crippen LogP contribution is 2.24. The van der Waals surface area contributed by atoms with Gasteiger partial charge in [0.1, 0.15) is 6.33 Å². The van der Waals surface area contributed by atoms with E-state index in [1.54, 1.807) is 14.2 Å². The van der Waals surface area contributed by atoms with Crippen molar-refractivity contribution >= 4 is 0 Å². The Balaban J connectivity index is 1.94. The first-order valence-electron chi connectivity index (χ1n) is 6.15. The van der Waals surface area contributed by atoms with E-state index in [-0.39, 0.29) is 0 Å². The Labute approximate surface area is 107 Å². The molecule has 1 aromatic rings. The summed E-state index contributed by atoms with van der Waals surface area (Å²) in [5.74, 6) is 1.01. The summed E-state index contributed by atoms with van der Waals surface area (Å²) in [6.45, 7) is 0.462. The van der Waals surface area contributed by atoms with Gasteiger partial charge in [-0.05, 0) is 12.8 Å². The molecule has 0 aliphatic heterocycles. The zero-order valence-electron chi connectivity index (χ0n) is 10.8. The van der Waals surface area contributed by atoms with Crippen LogP contribution in [0.1, 0.15) is 31.2 Å². The third-order valence-corrected chi connectivity index (χ3v) is 3.05. The van der Waals surface area contributed by atoms with E-state index in [1.165, 1.54) is 19.2 Å².